The van der Waals surface area contributed by atoms with Crippen molar-refractivity contribution in [1.29, 1.82) is 0 Å². The number of carbonyl (C=O) groups is 1. The second-order valence-corrected chi connectivity index (χ2v) is 8.29. The molecule has 4 rings (SSSR count). The van der Waals surface area contributed by atoms with Crippen molar-refractivity contribution in [3.8, 4) is 0 Å². The van der Waals surface area contributed by atoms with Gasteiger partial charge in [0.1, 0.15) is 5.69 Å². The zero-order valence-electron chi connectivity index (χ0n) is 18.0. The lowest BCUT2D eigenvalue weighted by atomic mass is 10.0. The van der Waals surface area contributed by atoms with E-state index in [1.807, 2.05) is 4.90 Å². The predicted molar refractivity (Wildman–Crippen MR) is 112 cm³/mol. The number of nitrogens with one attached hydrogen (secondary N) is 2. The Labute approximate surface area is 187 Å². The summed E-state index contributed by atoms with van der Waals surface area (Å²) in [6, 6.07) is 3.27. The van der Waals surface area contributed by atoms with Crippen molar-refractivity contribution < 1.29 is 22.4 Å². The number of aromatic amines is 1. The van der Waals surface area contributed by atoms with Crippen molar-refractivity contribution in [3.05, 3.63) is 51.7 Å². The maximum absolute atomic E-state index is 14.5. The van der Waals surface area contributed by atoms with Crippen molar-refractivity contribution in [2.45, 2.75) is 37.4 Å². The van der Waals surface area contributed by atoms with Gasteiger partial charge in [0.15, 0.2) is 0 Å². The van der Waals surface area contributed by atoms with Crippen LogP contribution in [0.4, 0.5) is 23.2 Å². The zero-order chi connectivity index (χ0) is 23.8. The van der Waals surface area contributed by atoms with Gasteiger partial charge in [-0.3, -0.25) is 14.5 Å². The first-order valence-corrected chi connectivity index (χ1v) is 10.7. The molecule has 2 N–H and O–H groups in total. The molecule has 8 nitrogen and oxygen atoms in total. The predicted octanol–water partition coefficient (Wildman–Crippen LogP) is 2.14. The van der Waals surface area contributed by atoms with Crippen LogP contribution >= 0.6 is 0 Å². The van der Waals surface area contributed by atoms with Gasteiger partial charge >= 0.3 is 6.18 Å². The van der Waals surface area contributed by atoms with Crippen LogP contribution in [0.2, 0.25) is 0 Å². The highest BCUT2D eigenvalue weighted by Crippen LogP contribution is 2.36. The fourth-order valence-electron chi connectivity index (χ4n) is 4.64. The summed E-state index contributed by atoms with van der Waals surface area (Å²) in [5.74, 6) is -1.20. The number of aromatic nitrogens is 3. The van der Waals surface area contributed by atoms with Gasteiger partial charge in [-0.25, -0.2) is 9.97 Å². The second kappa shape index (κ2) is 9.08. The number of pyridine rings is 1. The maximum Gasteiger partial charge on any atom is 0.438 e. The van der Waals surface area contributed by atoms with Crippen LogP contribution in [0.1, 0.15) is 47.1 Å². The fraction of sp³-hybridized carbons (Fsp3) is 0.524. The summed E-state index contributed by atoms with van der Waals surface area (Å²) in [6.45, 7) is 2.54. The first kappa shape index (κ1) is 23.1. The molecule has 1 amide bonds. The Balaban J connectivity index is 1.35. The van der Waals surface area contributed by atoms with Crippen molar-refractivity contribution in [2.75, 3.05) is 38.1 Å². The first-order chi connectivity index (χ1) is 15.7. The first-order valence-electron chi connectivity index (χ1n) is 10.7. The van der Waals surface area contributed by atoms with E-state index in [0.717, 1.165) is 19.0 Å². The minimum atomic E-state index is -4.78. The van der Waals surface area contributed by atoms with Crippen LogP contribution in [0, 0.1) is 5.95 Å². The number of H-pyrrole nitrogens is 1. The molecule has 178 valence electrons. The average molecular weight is 468 g/mol. The molecule has 0 radical (unpaired) electrons. The SMILES string of the molecule is CNC(=O)c1ccc(N2CCN(C3CCC(c4cnc(C(F)(F)F)c(=O)[nH]4)C3)CC2)c(F)n1. The topological polar surface area (TPSA) is 94.2 Å². The van der Waals surface area contributed by atoms with Crippen LogP contribution in [-0.2, 0) is 6.18 Å². The lowest BCUT2D eigenvalue weighted by Crippen LogP contribution is -2.50. The summed E-state index contributed by atoms with van der Waals surface area (Å²) in [6.07, 6.45) is -1.35. The van der Waals surface area contributed by atoms with E-state index in [1.54, 1.807) is 6.07 Å². The molecule has 2 aliphatic rings. The normalized spacial score (nSPS) is 21.9. The second-order valence-electron chi connectivity index (χ2n) is 8.29. The number of hydrogen-bond donors (Lipinski definition) is 2. The molecule has 1 aliphatic carbocycles. The summed E-state index contributed by atoms with van der Waals surface area (Å²) in [5.41, 5.74) is -1.85. The van der Waals surface area contributed by atoms with Crippen molar-refractivity contribution in [3.63, 3.8) is 0 Å². The summed E-state index contributed by atoms with van der Waals surface area (Å²) >= 11 is 0. The molecule has 2 aromatic heterocycles. The van der Waals surface area contributed by atoms with Gasteiger partial charge in [0, 0.05) is 57.1 Å². The van der Waals surface area contributed by atoms with E-state index in [2.05, 4.69) is 25.2 Å². The number of piperazine rings is 1. The van der Waals surface area contributed by atoms with Crippen molar-refractivity contribution in [1.82, 2.24) is 25.2 Å². The number of halogens is 4. The molecule has 0 aromatic carbocycles. The zero-order valence-corrected chi connectivity index (χ0v) is 18.0. The molecule has 12 heteroatoms. The Bertz CT molecular complexity index is 1080. The number of carbonyl (C=O) groups excluding carboxylic acids is 1. The average Bonchev–Trinajstić information content (AvgIpc) is 3.28. The minimum Gasteiger partial charge on any atom is -0.365 e. The lowest BCUT2D eigenvalue weighted by Gasteiger charge is -2.39. The third-order valence-electron chi connectivity index (χ3n) is 6.38. The Morgan fingerprint density at radius 3 is 2.52 bits per heavy atom. The summed E-state index contributed by atoms with van der Waals surface area (Å²) in [4.78, 5) is 37.0. The largest absolute Gasteiger partial charge is 0.438 e. The van der Waals surface area contributed by atoms with Crippen molar-refractivity contribution in [2.24, 2.45) is 0 Å². The monoisotopic (exact) mass is 468 g/mol. The molecule has 1 aliphatic heterocycles. The Morgan fingerprint density at radius 1 is 1.18 bits per heavy atom. The molecule has 2 unspecified atom stereocenters. The number of nitrogens with zero attached hydrogens (tertiary/aromatic N) is 4. The van der Waals surface area contributed by atoms with Crippen LogP contribution in [0.5, 0.6) is 0 Å². The minimum absolute atomic E-state index is 0.0187. The number of rotatable bonds is 4. The van der Waals surface area contributed by atoms with E-state index < -0.39 is 29.3 Å². The molecule has 0 bridgehead atoms. The number of amides is 1. The molecule has 2 atom stereocenters. The molecule has 0 spiro atoms. The van der Waals surface area contributed by atoms with E-state index in [9.17, 15) is 27.2 Å². The van der Waals surface area contributed by atoms with Gasteiger partial charge in [0.25, 0.3) is 11.5 Å². The standard InChI is InChI=1S/C21H24F4N6O2/c1-26-19(32)14-4-5-16(18(22)28-14)31-8-6-30(7-9-31)13-3-2-12(10-13)15-11-27-17(20(33)29-15)21(23,24)25/h4-5,11-13H,2-3,6-10H2,1H3,(H,26,32)(H,29,33). The van der Waals surface area contributed by atoms with Gasteiger partial charge in [-0.2, -0.15) is 17.6 Å². The van der Waals surface area contributed by atoms with Gasteiger partial charge in [-0.05, 0) is 31.4 Å². The summed E-state index contributed by atoms with van der Waals surface area (Å²) in [5, 5.41) is 2.41. The van der Waals surface area contributed by atoms with E-state index in [0.29, 0.717) is 44.0 Å². The molecule has 2 fully saturated rings. The highest BCUT2D eigenvalue weighted by atomic mass is 19.4. The summed E-state index contributed by atoms with van der Waals surface area (Å²) in [7, 11) is 1.45. The highest BCUT2D eigenvalue weighted by Gasteiger charge is 2.37. The van der Waals surface area contributed by atoms with E-state index in [1.165, 1.54) is 13.1 Å². The van der Waals surface area contributed by atoms with E-state index in [-0.39, 0.29) is 17.7 Å². The van der Waals surface area contributed by atoms with Crippen LogP contribution in [0.3, 0.4) is 0 Å². The van der Waals surface area contributed by atoms with E-state index in [4.69, 9.17) is 0 Å². The van der Waals surface area contributed by atoms with Crippen LogP contribution in [0.25, 0.3) is 0 Å². The number of alkyl halides is 3. The Morgan fingerprint density at radius 2 is 1.91 bits per heavy atom. The number of hydrogen-bond acceptors (Lipinski definition) is 6. The maximum atomic E-state index is 14.5. The van der Waals surface area contributed by atoms with Gasteiger partial charge in [0.05, 0.1) is 5.69 Å². The summed E-state index contributed by atoms with van der Waals surface area (Å²) < 4.78 is 52.8. The third kappa shape index (κ3) is 4.85. The highest BCUT2D eigenvalue weighted by molar-refractivity contribution is 5.92. The van der Waals surface area contributed by atoms with Crippen LogP contribution in [-0.4, -0.2) is 65.0 Å². The smallest absolute Gasteiger partial charge is 0.365 e. The third-order valence-corrected chi connectivity index (χ3v) is 6.38. The van der Waals surface area contributed by atoms with Gasteiger partial charge in [0.2, 0.25) is 11.6 Å². The molecule has 33 heavy (non-hydrogen) atoms. The van der Waals surface area contributed by atoms with Crippen molar-refractivity contribution >= 4 is 11.6 Å². The van der Waals surface area contributed by atoms with Crippen LogP contribution in [0.15, 0.2) is 23.1 Å². The van der Waals surface area contributed by atoms with Crippen LogP contribution < -0.4 is 15.8 Å². The molecular formula is C21H24F4N6O2. The molecule has 2 aromatic rings. The van der Waals surface area contributed by atoms with Gasteiger partial charge in [-0.15, -0.1) is 0 Å². The number of anilines is 1. The van der Waals surface area contributed by atoms with Gasteiger partial charge in [-0.1, -0.05) is 0 Å². The fourth-order valence-corrected chi connectivity index (χ4v) is 4.64. The quantitative estimate of drug-likeness (QED) is 0.528. The molecular weight excluding hydrogens is 444 g/mol. The Kier molecular flexibility index (Phi) is 6.37. The van der Waals surface area contributed by atoms with E-state index >= 15 is 0 Å². The molecule has 1 saturated carbocycles. The lowest BCUT2D eigenvalue weighted by molar-refractivity contribution is -0.142. The van der Waals surface area contributed by atoms with Gasteiger partial charge < -0.3 is 15.2 Å². The molecule has 3 heterocycles. The Hall–Kier alpha value is -3.02. The molecule has 1 saturated heterocycles.